The van der Waals surface area contributed by atoms with Gasteiger partial charge < -0.3 is 14.4 Å². The van der Waals surface area contributed by atoms with Gasteiger partial charge in [-0.1, -0.05) is 23.7 Å². The number of hydrogen-bond acceptors (Lipinski definition) is 5. The van der Waals surface area contributed by atoms with Gasteiger partial charge in [0, 0.05) is 43.8 Å². The Balaban J connectivity index is 1.35. The number of ketones is 2. The lowest BCUT2D eigenvalue weighted by molar-refractivity contribution is -0.134. The fourth-order valence-corrected chi connectivity index (χ4v) is 4.61. The van der Waals surface area contributed by atoms with Crippen molar-refractivity contribution in [2.24, 2.45) is 0 Å². The molecule has 1 spiro atoms. The number of ether oxygens (including phenoxy) is 2. The Kier molecular flexibility index (Phi) is 6.24. The molecule has 168 valence electrons. The Labute approximate surface area is 192 Å². The van der Waals surface area contributed by atoms with E-state index in [2.05, 4.69) is 0 Å². The summed E-state index contributed by atoms with van der Waals surface area (Å²) in [6, 6.07) is 10.5. The van der Waals surface area contributed by atoms with Crippen LogP contribution in [0.25, 0.3) is 0 Å². The zero-order chi connectivity index (χ0) is 22.9. The number of piperidine rings is 1. The first-order valence-electron chi connectivity index (χ1n) is 10.8. The number of methoxy groups -OCH3 is 1. The minimum atomic E-state index is -0.589. The van der Waals surface area contributed by atoms with E-state index in [0.717, 1.165) is 5.56 Å². The number of carbonyl (C=O) groups is 3. The average molecular weight is 456 g/mol. The van der Waals surface area contributed by atoms with Crippen molar-refractivity contribution in [2.45, 2.75) is 44.6 Å². The standard InChI is InChI=1S/C25H26ClNO5/c1-16-13-23-18(14-19(16)26)21(29)15-25(32-23)9-11-27(12-10-25)24(30)8-7-20(28)17-5-3-4-6-22(17)31-2/h3-6,13-14H,7-12,15H2,1-2H3. The molecule has 1 saturated heterocycles. The van der Waals surface area contributed by atoms with Gasteiger partial charge in [-0.2, -0.15) is 0 Å². The first kappa shape index (κ1) is 22.3. The van der Waals surface area contributed by atoms with Gasteiger partial charge in [-0.05, 0) is 36.8 Å². The predicted molar refractivity (Wildman–Crippen MR) is 121 cm³/mol. The number of amides is 1. The van der Waals surface area contributed by atoms with Gasteiger partial charge in [0.2, 0.25) is 5.91 Å². The van der Waals surface area contributed by atoms with Crippen LogP contribution in [-0.4, -0.2) is 48.2 Å². The maximum Gasteiger partial charge on any atom is 0.223 e. The monoisotopic (exact) mass is 455 g/mol. The SMILES string of the molecule is COc1ccccc1C(=O)CCC(=O)N1CCC2(CC1)CC(=O)c1cc(Cl)c(C)cc1O2. The fourth-order valence-electron chi connectivity index (χ4n) is 4.45. The van der Waals surface area contributed by atoms with Crippen LogP contribution in [-0.2, 0) is 4.79 Å². The molecule has 2 aromatic carbocycles. The van der Waals surface area contributed by atoms with Crippen molar-refractivity contribution in [3.63, 3.8) is 0 Å². The van der Waals surface area contributed by atoms with E-state index in [-0.39, 0.29) is 36.7 Å². The van der Waals surface area contributed by atoms with E-state index in [4.69, 9.17) is 21.1 Å². The lowest BCUT2D eigenvalue weighted by atomic mass is 9.82. The van der Waals surface area contributed by atoms with Crippen molar-refractivity contribution in [1.29, 1.82) is 0 Å². The average Bonchev–Trinajstić information content (AvgIpc) is 2.79. The first-order valence-corrected chi connectivity index (χ1v) is 11.2. The summed E-state index contributed by atoms with van der Waals surface area (Å²) in [6.45, 7) is 2.87. The molecule has 0 aromatic heterocycles. The molecule has 4 rings (SSSR count). The highest BCUT2D eigenvalue weighted by Crippen LogP contribution is 2.41. The molecule has 2 aliphatic heterocycles. The molecule has 1 amide bonds. The van der Waals surface area contributed by atoms with Crippen LogP contribution in [0.1, 0.15) is 58.4 Å². The summed E-state index contributed by atoms with van der Waals surface area (Å²) in [5.41, 5.74) is 1.29. The number of para-hydroxylation sites is 1. The molecule has 1 fully saturated rings. The summed E-state index contributed by atoms with van der Waals surface area (Å²) >= 11 is 6.17. The van der Waals surface area contributed by atoms with E-state index in [1.54, 1.807) is 35.2 Å². The maximum atomic E-state index is 12.7. The number of halogens is 1. The van der Waals surface area contributed by atoms with Gasteiger partial charge in [0.25, 0.3) is 0 Å². The van der Waals surface area contributed by atoms with Crippen molar-refractivity contribution in [3.8, 4) is 11.5 Å². The van der Waals surface area contributed by atoms with Gasteiger partial charge in [-0.3, -0.25) is 14.4 Å². The minimum absolute atomic E-state index is 0.0235. The van der Waals surface area contributed by atoms with Crippen LogP contribution in [0.4, 0.5) is 0 Å². The van der Waals surface area contributed by atoms with Crippen LogP contribution in [0.15, 0.2) is 36.4 Å². The molecule has 2 aromatic rings. The molecule has 0 aliphatic carbocycles. The highest BCUT2D eigenvalue weighted by atomic mass is 35.5. The molecule has 0 bridgehead atoms. The summed E-state index contributed by atoms with van der Waals surface area (Å²) in [5, 5.41) is 0.555. The largest absolute Gasteiger partial charge is 0.496 e. The third kappa shape index (κ3) is 4.37. The quantitative estimate of drug-likeness (QED) is 0.614. The molecule has 6 nitrogen and oxygen atoms in total. The van der Waals surface area contributed by atoms with E-state index in [1.165, 1.54) is 7.11 Å². The van der Waals surface area contributed by atoms with Crippen molar-refractivity contribution < 1.29 is 23.9 Å². The van der Waals surface area contributed by atoms with E-state index in [1.807, 2.05) is 13.0 Å². The number of hydrogen-bond donors (Lipinski definition) is 0. The maximum absolute atomic E-state index is 12.7. The van der Waals surface area contributed by atoms with E-state index >= 15 is 0 Å². The Morgan fingerprint density at radius 2 is 1.88 bits per heavy atom. The molecule has 0 saturated carbocycles. The van der Waals surface area contributed by atoms with Crippen LogP contribution in [0, 0.1) is 6.92 Å². The van der Waals surface area contributed by atoms with Gasteiger partial charge in [0.05, 0.1) is 24.7 Å². The van der Waals surface area contributed by atoms with Crippen molar-refractivity contribution in [3.05, 3.63) is 58.1 Å². The number of rotatable bonds is 5. The second-order valence-electron chi connectivity index (χ2n) is 8.49. The number of aryl methyl sites for hydroxylation is 1. The Bertz CT molecular complexity index is 1070. The second kappa shape index (κ2) is 8.94. The van der Waals surface area contributed by atoms with Gasteiger partial charge in [0.1, 0.15) is 17.1 Å². The number of likely N-dealkylation sites (tertiary alicyclic amines) is 1. The third-order valence-corrected chi connectivity index (χ3v) is 6.78. The number of nitrogens with zero attached hydrogens (tertiary/aromatic N) is 1. The molecular formula is C25H26ClNO5. The van der Waals surface area contributed by atoms with Crippen molar-refractivity contribution >= 4 is 29.1 Å². The number of Topliss-reactive ketones (excluding diaryl/α,β-unsaturated/α-hetero) is 2. The predicted octanol–water partition coefficient (Wildman–Crippen LogP) is 4.65. The smallest absolute Gasteiger partial charge is 0.223 e. The number of benzene rings is 2. The topological polar surface area (TPSA) is 72.9 Å². The fraction of sp³-hybridized carbons (Fsp3) is 0.400. The summed E-state index contributed by atoms with van der Waals surface area (Å²) in [7, 11) is 1.52. The second-order valence-corrected chi connectivity index (χ2v) is 8.89. The van der Waals surface area contributed by atoms with Crippen LogP contribution < -0.4 is 9.47 Å². The zero-order valence-electron chi connectivity index (χ0n) is 18.3. The molecule has 0 N–H and O–H groups in total. The molecule has 0 atom stereocenters. The van der Waals surface area contributed by atoms with E-state index in [9.17, 15) is 14.4 Å². The van der Waals surface area contributed by atoms with E-state index < -0.39 is 5.60 Å². The molecule has 0 radical (unpaired) electrons. The Morgan fingerprint density at radius 3 is 2.59 bits per heavy atom. The molecule has 7 heteroatoms. The number of carbonyl (C=O) groups excluding carboxylic acids is 3. The normalized spacial score (nSPS) is 17.0. The molecular weight excluding hydrogens is 430 g/mol. The molecule has 0 unspecified atom stereocenters. The minimum Gasteiger partial charge on any atom is -0.496 e. The van der Waals surface area contributed by atoms with Gasteiger partial charge in [-0.25, -0.2) is 0 Å². The molecule has 32 heavy (non-hydrogen) atoms. The highest BCUT2D eigenvalue weighted by Gasteiger charge is 2.43. The molecule has 2 heterocycles. The highest BCUT2D eigenvalue weighted by molar-refractivity contribution is 6.31. The Hall–Kier alpha value is -2.86. The van der Waals surface area contributed by atoms with Crippen LogP contribution in [0.2, 0.25) is 5.02 Å². The lowest BCUT2D eigenvalue weighted by Crippen LogP contribution is -2.52. The number of fused-ring (bicyclic) bond motifs is 1. The third-order valence-electron chi connectivity index (χ3n) is 6.37. The van der Waals surface area contributed by atoms with Crippen molar-refractivity contribution in [2.75, 3.05) is 20.2 Å². The van der Waals surface area contributed by atoms with Gasteiger partial charge in [0.15, 0.2) is 11.6 Å². The zero-order valence-corrected chi connectivity index (χ0v) is 19.0. The summed E-state index contributed by atoms with van der Waals surface area (Å²) in [6.07, 6.45) is 1.71. The summed E-state index contributed by atoms with van der Waals surface area (Å²) < 4.78 is 11.5. The van der Waals surface area contributed by atoms with Crippen molar-refractivity contribution in [1.82, 2.24) is 4.90 Å². The van der Waals surface area contributed by atoms with Gasteiger partial charge in [-0.15, -0.1) is 0 Å². The van der Waals surface area contributed by atoms with Crippen LogP contribution in [0.5, 0.6) is 11.5 Å². The van der Waals surface area contributed by atoms with Gasteiger partial charge >= 0.3 is 0 Å². The summed E-state index contributed by atoms with van der Waals surface area (Å²) in [5.74, 6) is 0.936. The molecule has 2 aliphatic rings. The lowest BCUT2D eigenvalue weighted by Gasteiger charge is -2.44. The van der Waals surface area contributed by atoms with Crippen LogP contribution >= 0.6 is 11.6 Å². The summed E-state index contributed by atoms with van der Waals surface area (Å²) in [4.78, 5) is 39.8. The van der Waals surface area contributed by atoms with Crippen LogP contribution in [0.3, 0.4) is 0 Å². The first-order chi connectivity index (χ1) is 15.3. The Morgan fingerprint density at radius 1 is 1.16 bits per heavy atom. The van der Waals surface area contributed by atoms with E-state index in [0.29, 0.717) is 53.6 Å².